The number of nitrogens with one attached hydrogen (secondary N) is 1. The summed E-state index contributed by atoms with van der Waals surface area (Å²) in [5.41, 5.74) is 5.12. The van der Waals surface area contributed by atoms with Gasteiger partial charge in [-0.1, -0.05) is 36.4 Å². The van der Waals surface area contributed by atoms with Gasteiger partial charge in [0.2, 0.25) is 0 Å². The van der Waals surface area contributed by atoms with Crippen molar-refractivity contribution in [2.24, 2.45) is 0 Å². The fourth-order valence-corrected chi connectivity index (χ4v) is 3.85. The Morgan fingerprint density at radius 1 is 1.14 bits per heavy atom. The molecular weight excluding hydrogens is 352 g/mol. The Balaban J connectivity index is 1.45. The Bertz CT molecular complexity index is 1180. The zero-order valence-corrected chi connectivity index (χ0v) is 15.0. The zero-order valence-electron chi connectivity index (χ0n) is 15.0. The molecule has 5 rings (SSSR count). The molecule has 0 saturated heterocycles. The third-order valence-corrected chi connectivity index (χ3v) is 5.23. The van der Waals surface area contributed by atoms with Gasteiger partial charge in [-0.3, -0.25) is 14.2 Å². The van der Waals surface area contributed by atoms with E-state index >= 15 is 0 Å². The molecule has 0 fully saturated rings. The van der Waals surface area contributed by atoms with Crippen molar-refractivity contribution >= 4 is 11.6 Å². The summed E-state index contributed by atoms with van der Waals surface area (Å²) in [6.45, 7) is 0. The van der Waals surface area contributed by atoms with Gasteiger partial charge in [0.05, 0.1) is 30.2 Å². The molecule has 2 atom stereocenters. The van der Waals surface area contributed by atoms with Crippen molar-refractivity contribution in [3.8, 4) is 11.3 Å². The molecule has 28 heavy (non-hydrogen) atoms. The Hall–Kier alpha value is -3.51. The maximum Gasteiger partial charge on any atom is 0.251 e. The summed E-state index contributed by atoms with van der Waals surface area (Å²) in [5, 5.41) is 13.4. The first-order valence-corrected chi connectivity index (χ1v) is 9.15. The van der Waals surface area contributed by atoms with E-state index in [0.717, 1.165) is 28.0 Å². The number of imidazole rings is 1. The largest absolute Gasteiger partial charge is 0.390 e. The lowest BCUT2D eigenvalue weighted by atomic mass is 10.1. The van der Waals surface area contributed by atoms with Crippen molar-refractivity contribution in [2.75, 3.05) is 0 Å². The molecule has 0 aliphatic heterocycles. The van der Waals surface area contributed by atoms with E-state index in [0.29, 0.717) is 12.0 Å². The molecule has 138 valence electrons. The topological polar surface area (TPSA) is 79.5 Å². The SMILES string of the molecule is O=C(N[C@@H]1c2ccccc2C[C@@H]1O)c1cccc(-c2cnc3cnccn23)c1. The van der Waals surface area contributed by atoms with E-state index in [9.17, 15) is 9.90 Å². The van der Waals surface area contributed by atoms with Gasteiger partial charge >= 0.3 is 0 Å². The second kappa shape index (κ2) is 6.58. The molecule has 0 bridgehead atoms. The van der Waals surface area contributed by atoms with Crippen LogP contribution in [-0.2, 0) is 6.42 Å². The number of carbonyl (C=O) groups is 1. The summed E-state index contributed by atoms with van der Waals surface area (Å²) < 4.78 is 1.93. The minimum atomic E-state index is -0.615. The number of fused-ring (bicyclic) bond motifs is 2. The van der Waals surface area contributed by atoms with Gasteiger partial charge in [0, 0.05) is 29.9 Å². The predicted octanol–water partition coefficient (Wildman–Crippen LogP) is 2.78. The molecule has 2 heterocycles. The third-order valence-electron chi connectivity index (χ3n) is 5.23. The van der Waals surface area contributed by atoms with Crippen LogP contribution in [0.3, 0.4) is 0 Å². The molecule has 0 spiro atoms. The average Bonchev–Trinajstić information content (AvgIpc) is 3.29. The maximum atomic E-state index is 12.9. The van der Waals surface area contributed by atoms with Gasteiger partial charge in [0.1, 0.15) is 0 Å². The average molecular weight is 370 g/mol. The maximum absolute atomic E-state index is 12.9. The number of benzene rings is 2. The van der Waals surface area contributed by atoms with Crippen LogP contribution < -0.4 is 5.32 Å². The number of nitrogens with zero attached hydrogens (tertiary/aromatic N) is 3. The molecule has 4 aromatic rings. The fourth-order valence-electron chi connectivity index (χ4n) is 3.85. The second-order valence-electron chi connectivity index (χ2n) is 6.95. The van der Waals surface area contributed by atoms with Crippen LogP contribution in [0.2, 0.25) is 0 Å². The molecule has 2 N–H and O–H groups in total. The van der Waals surface area contributed by atoms with Crippen molar-refractivity contribution in [1.29, 1.82) is 0 Å². The van der Waals surface area contributed by atoms with Crippen LogP contribution >= 0.6 is 0 Å². The Morgan fingerprint density at radius 2 is 2.04 bits per heavy atom. The number of hydrogen-bond acceptors (Lipinski definition) is 4. The third kappa shape index (κ3) is 2.75. The summed E-state index contributed by atoms with van der Waals surface area (Å²) in [4.78, 5) is 21.3. The van der Waals surface area contributed by atoms with Crippen LogP contribution in [0.15, 0.2) is 73.3 Å². The van der Waals surface area contributed by atoms with Gasteiger partial charge in [-0.15, -0.1) is 0 Å². The van der Waals surface area contributed by atoms with Gasteiger partial charge in [-0.05, 0) is 23.3 Å². The molecule has 0 radical (unpaired) electrons. The summed E-state index contributed by atoms with van der Waals surface area (Å²) in [6.07, 6.45) is 6.95. The number of aliphatic hydroxyl groups is 1. The molecule has 6 heteroatoms. The van der Waals surface area contributed by atoms with Crippen molar-refractivity contribution in [1.82, 2.24) is 19.7 Å². The molecule has 2 aromatic carbocycles. The van der Waals surface area contributed by atoms with Crippen LogP contribution in [0.1, 0.15) is 27.5 Å². The van der Waals surface area contributed by atoms with Gasteiger partial charge in [-0.25, -0.2) is 4.98 Å². The first kappa shape index (κ1) is 16.6. The molecular formula is C22H18N4O2. The molecule has 1 amide bonds. The number of aliphatic hydroxyl groups excluding tert-OH is 1. The van der Waals surface area contributed by atoms with Crippen molar-refractivity contribution in [2.45, 2.75) is 18.6 Å². The van der Waals surface area contributed by atoms with Crippen LogP contribution in [0.25, 0.3) is 16.9 Å². The number of hydrogen-bond donors (Lipinski definition) is 2. The molecule has 1 aliphatic carbocycles. The van der Waals surface area contributed by atoms with Gasteiger partial charge < -0.3 is 10.4 Å². The Labute approximate surface area is 161 Å². The Kier molecular flexibility index (Phi) is 3.91. The van der Waals surface area contributed by atoms with E-state index in [1.807, 2.05) is 53.1 Å². The normalized spacial score (nSPS) is 18.2. The number of aromatic nitrogens is 3. The lowest BCUT2D eigenvalue weighted by Crippen LogP contribution is -2.33. The number of rotatable bonds is 3. The number of carbonyl (C=O) groups excluding carboxylic acids is 1. The summed E-state index contributed by atoms with van der Waals surface area (Å²) in [7, 11) is 0. The summed E-state index contributed by atoms with van der Waals surface area (Å²) in [6, 6.07) is 14.8. The summed E-state index contributed by atoms with van der Waals surface area (Å²) >= 11 is 0. The van der Waals surface area contributed by atoms with E-state index in [4.69, 9.17) is 0 Å². The molecule has 2 aromatic heterocycles. The Morgan fingerprint density at radius 3 is 2.96 bits per heavy atom. The zero-order chi connectivity index (χ0) is 19.1. The minimum Gasteiger partial charge on any atom is -0.390 e. The quantitative estimate of drug-likeness (QED) is 0.581. The second-order valence-corrected chi connectivity index (χ2v) is 6.95. The highest BCUT2D eigenvalue weighted by atomic mass is 16.3. The lowest BCUT2D eigenvalue weighted by molar-refractivity contribution is 0.0858. The highest BCUT2D eigenvalue weighted by Crippen LogP contribution is 2.31. The van der Waals surface area contributed by atoms with Crippen LogP contribution in [0, 0.1) is 0 Å². The summed E-state index contributed by atoms with van der Waals surface area (Å²) in [5.74, 6) is -0.210. The van der Waals surface area contributed by atoms with Crippen LogP contribution in [0.4, 0.5) is 0 Å². The minimum absolute atomic E-state index is 0.210. The molecule has 0 saturated carbocycles. The highest BCUT2D eigenvalue weighted by Gasteiger charge is 2.32. The van der Waals surface area contributed by atoms with E-state index in [2.05, 4.69) is 15.3 Å². The van der Waals surface area contributed by atoms with E-state index in [1.54, 1.807) is 24.7 Å². The van der Waals surface area contributed by atoms with Crippen LogP contribution in [0.5, 0.6) is 0 Å². The predicted molar refractivity (Wildman–Crippen MR) is 105 cm³/mol. The molecule has 1 aliphatic rings. The van der Waals surface area contributed by atoms with Crippen LogP contribution in [-0.4, -0.2) is 31.5 Å². The van der Waals surface area contributed by atoms with Crippen molar-refractivity contribution < 1.29 is 9.90 Å². The molecule has 6 nitrogen and oxygen atoms in total. The fraction of sp³-hybridized carbons (Fsp3) is 0.136. The molecule has 0 unspecified atom stereocenters. The van der Waals surface area contributed by atoms with E-state index < -0.39 is 12.1 Å². The van der Waals surface area contributed by atoms with Gasteiger partial charge in [0.25, 0.3) is 5.91 Å². The van der Waals surface area contributed by atoms with Gasteiger partial charge in [0.15, 0.2) is 5.65 Å². The van der Waals surface area contributed by atoms with Crippen molar-refractivity contribution in [3.63, 3.8) is 0 Å². The smallest absolute Gasteiger partial charge is 0.251 e. The van der Waals surface area contributed by atoms with E-state index in [-0.39, 0.29) is 5.91 Å². The first-order valence-electron chi connectivity index (χ1n) is 9.15. The monoisotopic (exact) mass is 370 g/mol. The highest BCUT2D eigenvalue weighted by molar-refractivity contribution is 5.95. The first-order chi connectivity index (χ1) is 13.7. The van der Waals surface area contributed by atoms with Gasteiger partial charge in [-0.2, -0.15) is 0 Å². The standard InChI is InChI=1S/C22H18N4O2/c27-19-11-14-4-1-2-7-17(14)21(19)25-22(28)16-6-3-5-15(10-16)18-12-24-20-13-23-8-9-26(18)20/h1-10,12-13,19,21,27H,11H2,(H,25,28)/t19-,21+/m0/s1. The number of amides is 1. The van der Waals surface area contributed by atoms with E-state index in [1.165, 1.54) is 0 Å². The van der Waals surface area contributed by atoms with Crippen molar-refractivity contribution in [3.05, 3.63) is 90.0 Å². The lowest BCUT2D eigenvalue weighted by Gasteiger charge is -2.18.